The van der Waals surface area contributed by atoms with Gasteiger partial charge in [-0.1, -0.05) is 23.2 Å². The maximum Gasteiger partial charge on any atom is 0.276 e. The molecule has 1 amide bonds. The van der Waals surface area contributed by atoms with Gasteiger partial charge in [0.25, 0.3) is 5.91 Å². The molecule has 0 bridgehead atoms. The van der Waals surface area contributed by atoms with Crippen molar-refractivity contribution in [2.24, 2.45) is 0 Å². The number of aryl methyl sites for hydroxylation is 1. The Balaban J connectivity index is 1.80. The first kappa shape index (κ1) is 17.3. The highest BCUT2D eigenvalue weighted by atomic mass is 35.5. The average molecular weight is 388 g/mol. The Hall–Kier alpha value is -1.57. The summed E-state index contributed by atoms with van der Waals surface area (Å²) in [6.07, 6.45) is 0.510. The number of carbonyl (C=O) groups is 1. The van der Waals surface area contributed by atoms with E-state index in [-0.39, 0.29) is 23.2 Å². The van der Waals surface area contributed by atoms with Crippen LogP contribution in [0.4, 0.5) is 5.69 Å². The number of amides is 1. The van der Waals surface area contributed by atoms with Crippen LogP contribution in [0, 0.1) is 6.92 Å². The Morgan fingerprint density at radius 2 is 1.92 bits per heavy atom. The average Bonchev–Trinajstić information content (AvgIpc) is 3.00. The first-order valence-corrected chi connectivity index (χ1v) is 9.85. The van der Waals surface area contributed by atoms with Crippen molar-refractivity contribution in [2.45, 2.75) is 19.4 Å². The summed E-state index contributed by atoms with van der Waals surface area (Å²) >= 11 is 11.8. The topological polar surface area (TPSA) is 81.1 Å². The fraction of sp³-hybridized carbons (Fsp3) is 0.333. The number of hydrogen-bond acceptors (Lipinski definition) is 4. The summed E-state index contributed by atoms with van der Waals surface area (Å²) < 4.78 is 24.9. The van der Waals surface area contributed by atoms with E-state index in [4.69, 9.17) is 23.2 Å². The number of carbonyl (C=O) groups excluding carboxylic acids is 1. The van der Waals surface area contributed by atoms with Gasteiger partial charge in [0.05, 0.1) is 17.5 Å². The first-order chi connectivity index (χ1) is 11.2. The minimum atomic E-state index is -3.02. The third-order valence-electron chi connectivity index (χ3n) is 3.83. The van der Waals surface area contributed by atoms with Gasteiger partial charge in [0, 0.05) is 21.4 Å². The second kappa shape index (κ2) is 6.38. The molecule has 128 valence electrons. The number of benzene rings is 1. The molecule has 0 saturated carbocycles. The van der Waals surface area contributed by atoms with Crippen LogP contribution in [-0.2, 0) is 9.84 Å². The van der Waals surface area contributed by atoms with Crippen LogP contribution in [0.5, 0.6) is 0 Å². The van der Waals surface area contributed by atoms with Gasteiger partial charge in [-0.2, -0.15) is 5.10 Å². The van der Waals surface area contributed by atoms with Crippen molar-refractivity contribution in [2.75, 3.05) is 16.8 Å². The van der Waals surface area contributed by atoms with E-state index >= 15 is 0 Å². The smallest absolute Gasteiger partial charge is 0.276 e. The van der Waals surface area contributed by atoms with Gasteiger partial charge < -0.3 is 5.32 Å². The molecule has 1 atom stereocenters. The maximum atomic E-state index is 12.4. The summed E-state index contributed by atoms with van der Waals surface area (Å²) in [5, 5.41) is 7.78. The number of sulfone groups is 1. The number of nitrogens with zero attached hydrogens (tertiary/aromatic N) is 2. The molecule has 2 heterocycles. The lowest BCUT2D eigenvalue weighted by Gasteiger charge is -2.10. The number of hydrogen-bond donors (Lipinski definition) is 1. The molecular formula is C15H15Cl2N3O3S. The monoisotopic (exact) mass is 387 g/mol. The highest BCUT2D eigenvalue weighted by Crippen LogP contribution is 2.26. The summed E-state index contributed by atoms with van der Waals surface area (Å²) in [5.74, 6) is -0.198. The molecule has 1 unspecified atom stereocenters. The molecule has 1 N–H and O–H groups in total. The van der Waals surface area contributed by atoms with E-state index in [1.165, 1.54) is 0 Å². The van der Waals surface area contributed by atoms with Gasteiger partial charge in [0.15, 0.2) is 15.5 Å². The summed E-state index contributed by atoms with van der Waals surface area (Å²) in [6.45, 7) is 1.80. The lowest BCUT2D eigenvalue weighted by Crippen LogP contribution is -2.16. The van der Waals surface area contributed by atoms with Crippen molar-refractivity contribution in [3.8, 4) is 0 Å². The molecule has 9 heteroatoms. The lowest BCUT2D eigenvalue weighted by molar-refractivity contribution is 0.102. The Kier molecular flexibility index (Phi) is 4.59. The van der Waals surface area contributed by atoms with Crippen LogP contribution >= 0.6 is 23.2 Å². The van der Waals surface area contributed by atoms with Crippen molar-refractivity contribution in [1.82, 2.24) is 9.78 Å². The molecule has 24 heavy (non-hydrogen) atoms. The Morgan fingerprint density at radius 3 is 2.50 bits per heavy atom. The Labute approximate surface area is 149 Å². The Morgan fingerprint density at radius 1 is 1.25 bits per heavy atom. The van der Waals surface area contributed by atoms with Crippen LogP contribution in [0.2, 0.25) is 10.0 Å². The van der Waals surface area contributed by atoms with E-state index in [1.807, 2.05) is 0 Å². The standard InChI is InChI=1S/C15H15Cl2N3O3S/c1-9-4-14(19-20(9)13-2-3-24(22,23)8-13)15(21)18-12-6-10(16)5-11(17)7-12/h4-7,13H,2-3,8H2,1H3,(H,18,21). The van der Waals surface area contributed by atoms with Gasteiger partial charge in [0.1, 0.15) is 0 Å². The molecule has 1 fully saturated rings. The normalized spacial score (nSPS) is 19.4. The molecule has 1 aliphatic heterocycles. The van der Waals surface area contributed by atoms with Crippen LogP contribution in [-0.4, -0.2) is 35.6 Å². The summed E-state index contributed by atoms with van der Waals surface area (Å²) in [4.78, 5) is 12.4. The van der Waals surface area contributed by atoms with E-state index in [0.717, 1.165) is 5.69 Å². The van der Waals surface area contributed by atoms with Crippen LogP contribution in [0.3, 0.4) is 0 Å². The third-order valence-corrected chi connectivity index (χ3v) is 6.02. The van der Waals surface area contributed by atoms with Crippen molar-refractivity contribution in [3.05, 3.63) is 45.7 Å². The van der Waals surface area contributed by atoms with Crippen LogP contribution < -0.4 is 5.32 Å². The lowest BCUT2D eigenvalue weighted by atomic mass is 10.2. The van der Waals surface area contributed by atoms with Crippen LogP contribution in [0.15, 0.2) is 24.3 Å². The van der Waals surface area contributed by atoms with Gasteiger partial charge >= 0.3 is 0 Å². The van der Waals surface area contributed by atoms with Gasteiger partial charge in [-0.25, -0.2) is 8.42 Å². The summed E-state index contributed by atoms with van der Waals surface area (Å²) in [5.41, 5.74) is 1.42. The van der Waals surface area contributed by atoms with Crippen molar-refractivity contribution in [3.63, 3.8) is 0 Å². The number of nitrogens with one attached hydrogen (secondary N) is 1. The van der Waals surface area contributed by atoms with E-state index in [1.54, 1.807) is 35.9 Å². The van der Waals surface area contributed by atoms with Gasteiger partial charge in [0.2, 0.25) is 0 Å². The molecule has 1 aromatic carbocycles. The quantitative estimate of drug-likeness (QED) is 0.876. The fourth-order valence-corrected chi connectivity index (χ4v) is 4.98. The molecule has 3 rings (SSSR count). The molecule has 1 aromatic heterocycles. The zero-order chi connectivity index (χ0) is 17.5. The molecule has 6 nitrogen and oxygen atoms in total. The molecule has 0 radical (unpaired) electrons. The molecule has 2 aromatic rings. The van der Waals surface area contributed by atoms with Crippen LogP contribution in [0.1, 0.15) is 28.6 Å². The van der Waals surface area contributed by atoms with E-state index in [2.05, 4.69) is 10.4 Å². The first-order valence-electron chi connectivity index (χ1n) is 7.27. The zero-order valence-corrected chi connectivity index (χ0v) is 15.1. The molecule has 0 aliphatic carbocycles. The van der Waals surface area contributed by atoms with E-state index in [0.29, 0.717) is 22.2 Å². The van der Waals surface area contributed by atoms with Gasteiger partial charge in [-0.15, -0.1) is 0 Å². The van der Waals surface area contributed by atoms with Crippen LogP contribution in [0.25, 0.3) is 0 Å². The van der Waals surface area contributed by atoms with E-state index < -0.39 is 15.7 Å². The van der Waals surface area contributed by atoms with E-state index in [9.17, 15) is 13.2 Å². The van der Waals surface area contributed by atoms with Crippen molar-refractivity contribution >= 4 is 44.6 Å². The summed E-state index contributed by atoms with van der Waals surface area (Å²) in [7, 11) is -3.02. The molecule has 1 aliphatic rings. The molecule has 1 saturated heterocycles. The highest BCUT2D eigenvalue weighted by Gasteiger charge is 2.31. The largest absolute Gasteiger partial charge is 0.320 e. The fourth-order valence-electron chi connectivity index (χ4n) is 2.76. The minimum Gasteiger partial charge on any atom is -0.320 e. The van der Waals surface area contributed by atoms with Gasteiger partial charge in [-0.3, -0.25) is 9.48 Å². The zero-order valence-electron chi connectivity index (χ0n) is 12.8. The van der Waals surface area contributed by atoms with Crippen molar-refractivity contribution < 1.29 is 13.2 Å². The molecule has 0 spiro atoms. The number of halogens is 2. The summed E-state index contributed by atoms with van der Waals surface area (Å²) in [6, 6.07) is 6.14. The predicted molar refractivity (Wildman–Crippen MR) is 93.7 cm³/mol. The second-order valence-corrected chi connectivity index (χ2v) is 8.89. The second-order valence-electron chi connectivity index (χ2n) is 5.78. The number of anilines is 1. The van der Waals surface area contributed by atoms with Gasteiger partial charge in [-0.05, 0) is 37.6 Å². The highest BCUT2D eigenvalue weighted by molar-refractivity contribution is 7.91. The number of aromatic nitrogens is 2. The minimum absolute atomic E-state index is 0.0560. The van der Waals surface area contributed by atoms with Crippen molar-refractivity contribution in [1.29, 1.82) is 0 Å². The predicted octanol–water partition coefficient (Wildman–Crippen LogP) is 3.11. The third kappa shape index (κ3) is 3.74. The number of rotatable bonds is 3. The molecular weight excluding hydrogens is 373 g/mol. The maximum absolute atomic E-state index is 12.4. The SMILES string of the molecule is Cc1cc(C(=O)Nc2cc(Cl)cc(Cl)c2)nn1C1CCS(=O)(=O)C1. The Bertz CT molecular complexity index is 888.